The normalized spacial score (nSPS) is 17.2. The molecule has 24 N–H and O–H groups in total. The Bertz CT molecular complexity index is 4600. The van der Waals surface area contributed by atoms with Crippen LogP contribution in [0.15, 0.2) is 59.6 Å². The predicted molar refractivity (Wildman–Crippen MR) is 502 cm³/mol. The van der Waals surface area contributed by atoms with Gasteiger partial charge in [-0.1, -0.05) is 125 Å². The van der Waals surface area contributed by atoms with E-state index in [2.05, 4.69) is 101 Å². The lowest BCUT2D eigenvalue weighted by Crippen LogP contribution is -2.64. The number of rotatable bonds is 59. The summed E-state index contributed by atoms with van der Waals surface area (Å²) in [5, 5.41) is 66.6. The topological polar surface area (TPSA) is 683 Å². The highest BCUT2D eigenvalue weighted by atomic mass is 16.3. The number of amides is 21. The molecule has 45 nitrogen and oxygen atoms in total. The molecule has 0 radical (unpaired) electrons. The number of aliphatic hydroxyl groups is 2. The van der Waals surface area contributed by atoms with E-state index in [0.29, 0.717) is 6.42 Å². The van der Waals surface area contributed by atoms with Gasteiger partial charge in [-0.25, -0.2) is 0 Å². The van der Waals surface area contributed by atoms with Gasteiger partial charge in [0, 0.05) is 44.9 Å². The molecular formula is C92H144N22O23. The standard InChI is InChI=1S/C92H144N22O23/c1-17-57(101-73(120)46-96-76(123)65(37-39-71(93)118)107-83(130)67(42-49(10)11)111-90(137)91(15,24-8)112-86(133)62(22-6)105-85(132)69(48-116)109-80(127)60(20-4)104-84(131)68(99-52(14)117)43-53-32-27-26-28-33-53)78(125)102-58(18-2)77(124)98-50(12)74(121)97-51(13)75(122)106-63(23-7)88(135)114-41-31-36-70(114)87(134)113-92(16,25-9)89(136)110-61(21-5)81(128)103-59(19-3)79(126)108-66(38-40-72(94)119)82(129)100-55(47-115)44-54-45-95-64-35-30-29-34-56(54)64/h26-30,32-35,45,49-51,54-55,57-63,65-70,115-116H,17-25,31,36-44,46-48H2,1-16H3,(H2,93,118)(H2,94,119)(H,96,123)(H,97,121)(H,98,124)(H,99,117)(H,100,129)(H,101,120)(H,102,125)(H,103,128)(H,104,131)(H,105,132)(H,106,122)(H,107,130)(H,108,126)(H,109,127)(H,110,136)(H,111,137)(H,112,133)(H,113,134)/t50-,51-,54?,55?,57-,58-,59-,60-,61-,62-,63-,65-,66-,67-,68-,69-,70-,91+,92+/m0/s1. The van der Waals surface area contributed by atoms with Crippen LogP contribution in [0.3, 0.4) is 0 Å². The summed E-state index contributed by atoms with van der Waals surface area (Å²) in [6.45, 7) is 22.0. The van der Waals surface area contributed by atoms with Crippen molar-refractivity contribution in [2.24, 2.45) is 22.4 Å². The Morgan fingerprint density at radius 1 is 0.431 bits per heavy atom. The maximum atomic E-state index is 14.3. The largest absolute Gasteiger partial charge is 0.394 e. The van der Waals surface area contributed by atoms with Crippen LogP contribution in [0.25, 0.3) is 0 Å². The first-order valence-electron chi connectivity index (χ1n) is 46.9. The van der Waals surface area contributed by atoms with E-state index in [9.17, 15) is 111 Å². The third-order valence-electron chi connectivity index (χ3n) is 23.8. The highest BCUT2D eigenvalue weighted by Crippen LogP contribution is 2.34. The lowest BCUT2D eigenvalue weighted by molar-refractivity contribution is -0.143. The van der Waals surface area contributed by atoms with Crippen LogP contribution in [0.2, 0.25) is 0 Å². The zero-order valence-electron chi connectivity index (χ0n) is 81.2. The molecule has 0 bridgehead atoms. The Hall–Kier alpha value is -13.1. The summed E-state index contributed by atoms with van der Waals surface area (Å²) in [4.78, 5) is 291. The smallest absolute Gasteiger partial charge is 0.246 e. The van der Waals surface area contributed by atoms with Crippen molar-refractivity contribution in [2.75, 3.05) is 26.3 Å². The second-order valence-corrected chi connectivity index (χ2v) is 35.1. The maximum Gasteiger partial charge on any atom is 0.246 e. The highest BCUT2D eigenvalue weighted by Gasteiger charge is 2.45. The number of nitrogens with two attached hydrogens (primary N) is 2. The molecule has 2 aliphatic rings. The minimum absolute atomic E-state index is 0.00720. The number of carbonyl (C=O) groups excluding carboxylic acids is 21. The third kappa shape index (κ3) is 36.5. The summed E-state index contributed by atoms with van der Waals surface area (Å²) in [7, 11) is 0. The van der Waals surface area contributed by atoms with E-state index in [0.717, 1.165) is 16.8 Å². The number of likely N-dealkylation sites (tertiary alicyclic amines) is 1. The van der Waals surface area contributed by atoms with E-state index in [1.54, 1.807) is 91.9 Å². The van der Waals surface area contributed by atoms with Crippen LogP contribution in [0.5, 0.6) is 0 Å². The van der Waals surface area contributed by atoms with Crippen LogP contribution < -0.4 is 107 Å². The second kappa shape index (κ2) is 57.1. The van der Waals surface area contributed by atoms with E-state index in [1.165, 1.54) is 60.3 Å². The zero-order valence-corrected chi connectivity index (χ0v) is 81.2. The molecule has 1 fully saturated rings. The first-order valence-corrected chi connectivity index (χ1v) is 46.9. The molecule has 0 aliphatic carbocycles. The fourth-order valence-corrected chi connectivity index (χ4v) is 14.9. The van der Waals surface area contributed by atoms with Gasteiger partial charge in [0.2, 0.25) is 124 Å². The van der Waals surface area contributed by atoms with Gasteiger partial charge in [0.15, 0.2) is 0 Å². The monoisotopic (exact) mass is 1930 g/mol. The zero-order chi connectivity index (χ0) is 103. The van der Waals surface area contributed by atoms with E-state index in [4.69, 9.17) is 11.5 Å². The number of fused-ring (bicyclic) bond motifs is 1. The van der Waals surface area contributed by atoms with Crippen molar-refractivity contribution in [1.82, 2.24) is 101 Å². The van der Waals surface area contributed by atoms with Crippen molar-refractivity contribution in [3.05, 3.63) is 65.7 Å². The molecule has 1 saturated heterocycles. The van der Waals surface area contributed by atoms with Crippen LogP contribution in [0.4, 0.5) is 5.69 Å². The number of nitrogens with one attached hydrogen (secondary N) is 18. The predicted octanol–water partition coefficient (Wildman–Crippen LogP) is -3.44. The molecule has 2 aromatic carbocycles. The van der Waals surface area contributed by atoms with Crippen molar-refractivity contribution in [3.63, 3.8) is 0 Å². The Morgan fingerprint density at radius 3 is 1.31 bits per heavy atom. The Labute approximate surface area is 798 Å². The Morgan fingerprint density at radius 2 is 0.832 bits per heavy atom. The van der Waals surface area contributed by atoms with Crippen molar-refractivity contribution < 1.29 is 111 Å². The molecule has 19 atom stereocenters. The SMILES string of the molecule is CC[C@H](NC(=O)CNC(=O)[C@H](CCC(N)=O)NC(=O)[C@H](CC(C)C)NC(=O)[C@@](C)(CC)NC(=O)[C@H](CC)NC(=O)[C@H](CO)NC(=O)[C@H](CC)NC(=O)[C@H](Cc1ccccc1)NC(C)=O)C(=O)N[C@@H](CC)C(=O)N[C@@H](C)C(=O)N[C@@H](C)C(=O)N[C@@H](CC)C(=O)N1CCC[C@H]1C(=O)N[C@](C)(CC)C(=O)N[C@@H](CC)C(=O)N[C@@H](CC)C(=O)N[C@@H](CCC(N)=O)C(=O)NC(CO)CC1C=Nc2ccccc21. The summed E-state index contributed by atoms with van der Waals surface area (Å²) in [5.74, 6) is -17.7. The van der Waals surface area contributed by atoms with Crippen LogP contribution in [0, 0.1) is 5.92 Å². The number of hydrogen-bond donors (Lipinski definition) is 22. The summed E-state index contributed by atoms with van der Waals surface area (Å²) >= 11 is 0. The summed E-state index contributed by atoms with van der Waals surface area (Å²) in [6.07, 6.45) is 0.920. The number of primary amides is 2. The Balaban J connectivity index is 1.30. The average Bonchev–Trinajstić information content (AvgIpc) is 1.16. The van der Waals surface area contributed by atoms with Crippen molar-refractivity contribution in [3.8, 4) is 0 Å². The molecular weight excluding hydrogens is 1780 g/mol. The lowest BCUT2D eigenvalue weighted by Gasteiger charge is -2.34. The van der Waals surface area contributed by atoms with Gasteiger partial charge >= 0.3 is 0 Å². The van der Waals surface area contributed by atoms with Crippen molar-refractivity contribution in [1.29, 1.82) is 0 Å². The van der Waals surface area contributed by atoms with Gasteiger partial charge in [-0.15, -0.1) is 0 Å². The second-order valence-electron chi connectivity index (χ2n) is 35.1. The molecule has 0 saturated carbocycles. The minimum Gasteiger partial charge on any atom is -0.394 e. The van der Waals surface area contributed by atoms with Crippen LogP contribution >= 0.6 is 0 Å². The third-order valence-corrected chi connectivity index (χ3v) is 23.8. The van der Waals surface area contributed by atoms with E-state index < -0.39 is 264 Å². The maximum absolute atomic E-state index is 14.3. The number of hydrogen-bond acceptors (Lipinski definition) is 24. The van der Waals surface area contributed by atoms with Gasteiger partial charge in [0.25, 0.3) is 0 Å². The van der Waals surface area contributed by atoms with E-state index >= 15 is 0 Å². The number of aliphatic hydroxyl groups excluding tert-OH is 2. The van der Waals surface area contributed by atoms with Crippen molar-refractivity contribution >= 4 is 136 Å². The first-order chi connectivity index (χ1) is 64.7. The van der Waals surface area contributed by atoms with Gasteiger partial charge in [0.1, 0.15) is 102 Å². The molecule has 760 valence electrons. The van der Waals surface area contributed by atoms with Crippen molar-refractivity contribution in [2.45, 2.75) is 340 Å². The number of aliphatic imine (C=N–C) groups is 1. The number of para-hydroxylation sites is 1. The van der Waals surface area contributed by atoms with Gasteiger partial charge in [-0.3, -0.25) is 106 Å². The Kier molecular flexibility index (Phi) is 48.4. The molecule has 4 rings (SSSR count). The molecule has 2 heterocycles. The molecule has 137 heavy (non-hydrogen) atoms. The van der Waals surface area contributed by atoms with E-state index in [1.807, 2.05) is 24.3 Å². The number of nitrogens with zero attached hydrogens (tertiary/aromatic N) is 2. The summed E-state index contributed by atoms with van der Waals surface area (Å²) < 4.78 is 0. The molecule has 21 amide bonds. The number of carbonyl (C=O) groups is 21. The average molecular weight is 1930 g/mol. The molecule has 2 aromatic rings. The van der Waals surface area contributed by atoms with E-state index in [-0.39, 0.29) is 115 Å². The molecule has 0 spiro atoms. The summed E-state index contributed by atoms with van der Waals surface area (Å²) in [5.41, 5.74) is 9.78. The minimum atomic E-state index is -1.79. The highest BCUT2D eigenvalue weighted by molar-refractivity contribution is 6.03. The van der Waals surface area contributed by atoms with Crippen LogP contribution in [-0.2, 0) is 107 Å². The summed E-state index contributed by atoms with van der Waals surface area (Å²) in [6, 6.07) is -4.42. The van der Waals surface area contributed by atoms with Gasteiger partial charge < -0.3 is 122 Å². The van der Waals surface area contributed by atoms with Gasteiger partial charge in [0.05, 0.1) is 31.5 Å². The quantitative estimate of drug-likeness (QED) is 0.0306. The lowest BCUT2D eigenvalue weighted by atomic mass is 9.94. The molecule has 0 aromatic heterocycles. The molecule has 2 aliphatic heterocycles. The van der Waals surface area contributed by atoms with Crippen LogP contribution in [0.1, 0.15) is 237 Å². The van der Waals surface area contributed by atoms with Gasteiger partial charge in [-0.05, 0) is 147 Å². The van der Waals surface area contributed by atoms with Crippen LogP contribution in [-0.4, -0.2) is 279 Å². The first kappa shape index (κ1) is 116. The molecule has 45 heteroatoms. The molecule has 2 unspecified atom stereocenters. The number of benzene rings is 2. The van der Waals surface area contributed by atoms with Gasteiger partial charge in [-0.2, -0.15) is 0 Å². The fraction of sp³-hybridized carbons (Fsp3) is 0.630. The fourth-order valence-electron chi connectivity index (χ4n) is 14.9.